The smallest absolute Gasteiger partial charge is 0.336 e. The highest BCUT2D eigenvalue weighted by molar-refractivity contribution is 5.81. The molecule has 136 valence electrons. The number of methoxy groups -OCH3 is 1. The molecule has 1 aromatic carbocycles. The van der Waals surface area contributed by atoms with E-state index in [-0.39, 0.29) is 12.1 Å². The van der Waals surface area contributed by atoms with Crippen molar-refractivity contribution in [3.8, 4) is 11.8 Å². The Morgan fingerprint density at radius 2 is 2.07 bits per heavy atom. The summed E-state index contributed by atoms with van der Waals surface area (Å²) >= 11 is 0. The molecule has 0 radical (unpaired) electrons. The van der Waals surface area contributed by atoms with E-state index in [0.29, 0.717) is 47.4 Å². The fraction of sp³-hybridized carbons (Fsp3) is 0.263. The number of nitrogens with zero attached hydrogens (tertiary/aromatic N) is 3. The summed E-state index contributed by atoms with van der Waals surface area (Å²) in [5, 5.41) is 9.97. The molecule has 0 bridgehead atoms. The van der Waals surface area contributed by atoms with Crippen molar-refractivity contribution >= 4 is 11.0 Å². The van der Waals surface area contributed by atoms with Gasteiger partial charge in [0.1, 0.15) is 23.0 Å². The van der Waals surface area contributed by atoms with Gasteiger partial charge in [-0.1, -0.05) is 0 Å². The van der Waals surface area contributed by atoms with Crippen LogP contribution in [0.2, 0.25) is 0 Å². The Kier molecular flexibility index (Phi) is 3.92. The molecule has 3 heterocycles. The lowest BCUT2D eigenvalue weighted by Gasteiger charge is -2.12. The predicted octanol–water partition coefficient (Wildman–Crippen LogP) is 0.991. The summed E-state index contributed by atoms with van der Waals surface area (Å²) in [5.74, 6) is 0.518. The van der Waals surface area contributed by atoms with Crippen LogP contribution >= 0.6 is 0 Å². The van der Waals surface area contributed by atoms with Crippen molar-refractivity contribution < 1.29 is 9.15 Å². The van der Waals surface area contributed by atoms with Gasteiger partial charge in [-0.3, -0.25) is 13.9 Å². The molecular weight excluding hydrogens is 350 g/mol. The van der Waals surface area contributed by atoms with Gasteiger partial charge in [-0.25, -0.2) is 9.59 Å². The second-order valence-corrected chi connectivity index (χ2v) is 6.32. The number of rotatable bonds is 3. The first-order chi connectivity index (χ1) is 13.0. The molecule has 8 heteroatoms. The number of benzene rings is 1. The highest BCUT2D eigenvalue weighted by Crippen LogP contribution is 2.23. The largest absolute Gasteiger partial charge is 0.497 e. The Bertz CT molecular complexity index is 1290. The Labute approximate surface area is 152 Å². The zero-order chi connectivity index (χ0) is 19.1. The SMILES string of the molecule is COc1ccc2c(Cn3c(=O)c(C#N)c4n(c3=O)CCC4)cc(=O)oc2c1. The topological polar surface area (TPSA) is 107 Å². The van der Waals surface area contributed by atoms with Crippen molar-refractivity contribution in [3.63, 3.8) is 0 Å². The maximum atomic E-state index is 12.8. The molecule has 1 aliphatic heterocycles. The molecule has 0 unspecified atom stereocenters. The first-order valence-electron chi connectivity index (χ1n) is 8.41. The fourth-order valence-electron chi connectivity index (χ4n) is 3.53. The van der Waals surface area contributed by atoms with Crippen LogP contribution in [0.25, 0.3) is 11.0 Å². The van der Waals surface area contributed by atoms with Crippen molar-refractivity contribution in [2.75, 3.05) is 7.11 Å². The zero-order valence-corrected chi connectivity index (χ0v) is 14.5. The van der Waals surface area contributed by atoms with Crippen LogP contribution in [-0.2, 0) is 19.5 Å². The number of ether oxygens (including phenoxy) is 1. The minimum atomic E-state index is -0.634. The molecule has 2 aromatic heterocycles. The molecule has 27 heavy (non-hydrogen) atoms. The molecule has 0 saturated heterocycles. The second-order valence-electron chi connectivity index (χ2n) is 6.32. The molecule has 0 saturated carbocycles. The molecule has 4 rings (SSSR count). The van der Waals surface area contributed by atoms with E-state index in [4.69, 9.17) is 9.15 Å². The lowest BCUT2D eigenvalue weighted by molar-refractivity contribution is 0.414. The first kappa shape index (κ1) is 16.8. The predicted molar refractivity (Wildman–Crippen MR) is 96.1 cm³/mol. The van der Waals surface area contributed by atoms with Gasteiger partial charge in [0.15, 0.2) is 0 Å². The number of hydrogen-bond acceptors (Lipinski definition) is 6. The Hall–Kier alpha value is -3.60. The molecule has 0 atom stereocenters. The van der Waals surface area contributed by atoms with Gasteiger partial charge in [-0.15, -0.1) is 0 Å². The fourth-order valence-corrected chi connectivity index (χ4v) is 3.53. The van der Waals surface area contributed by atoms with Crippen molar-refractivity contribution in [2.45, 2.75) is 25.9 Å². The number of fused-ring (bicyclic) bond motifs is 2. The zero-order valence-electron chi connectivity index (χ0n) is 14.5. The van der Waals surface area contributed by atoms with E-state index in [9.17, 15) is 19.6 Å². The van der Waals surface area contributed by atoms with E-state index in [2.05, 4.69) is 0 Å². The first-order valence-corrected chi connectivity index (χ1v) is 8.41. The van der Waals surface area contributed by atoms with Crippen LogP contribution in [0.15, 0.2) is 43.1 Å². The molecule has 3 aromatic rings. The summed E-state index contributed by atoms with van der Waals surface area (Å²) in [6.07, 6.45) is 1.25. The van der Waals surface area contributed by atoms with Gasteiger partial charge < -0.3 is 9.15 Å². The number of nitriles is 1. The lowest BCUT2D eigenvalue weighted by Crippen LogP contribution is -2.42. The Balaban J connectivity index is 1.94. The maximum Gasteiger partial charge on any atom is 0.336 e. The standard InChI is InChI=1S/C19H15N3O5/c1-26-12-4-5-13-11(7-17(23)27-16(13)8-12)10-22-18(24)14(9-20)15-3-2-6-21(15)19(22)25/h4-5,7-8H,2-3,6,10H2,1H3. The molecule has 0 aliphatic carbocycles. The quantitative estimate of drug-likeness (QED) is 0.641. The van der Waals surface area contributed by atoms with Crippen LogP contribution in [0.3, 0.4) is 0 Å². The van der Waals surface area contributed by atoms with Gasteiger partial charge in [0.25, 0.3) is 5.56 Å². The van der Waals surface area contributed by atoms with E-state index in [1.165, 1.54) is 17.7 Å². The van der Waals surface area contributed by atoms with E-state index >= 15 is 0 Å². The normalized spacial score (nSPS) is 12.7. The van der Waals surface area contributed by atoms with Crippen LogP contribution in [0.4, 0.5) is 0 Å². The third-order valence-electron chi connectivity index (χ3n) is 4.81. The summed E-state index contributed by atoms with van der Waals surface area (Å²) in [4.78, 5) is 37.4. The number of hydrogen-bond donors (Lipinski definition) is 0. The van der Waals surface area contributed by atoms with Gasteiger partial charge in [0.2, 0.25) is 0 Å². The Morgan fingerprint density at radius 1 is 1.26 bits per heavy atom. The Morgan fingerprint density at radius 3 is 2.81 bits per heavy atom. The van der Waals surface area contributed by atoms with Crippen LogP contribution in [0, 0.1) is 11.3 Å². The van der Waals surface area contributed by atoms with Gasteiger partial charge in [-0.05, 0) is 30.5 Å². The molecule has 0 spiro atoms. The van der Waals surface area contributed by atoms with Gasteiger partial charge in [-0.2, -0.15) is 5.26 Å². The summed E-state index contributed by atoms with van der Waals surface area (Å²) in [7, 11) is 1.50. The second kappa shape index (κ2) is 6.29. The van der Waals surface area contributed by atoms with Crippen molar-refractivity contribution in [1.29, 1.82) is 5.26 Å². The van der Waals surface area contributed by atoms with Crippen LogP contribution in [0.5, 0.6) is 5.75 Å². The maximum absolute atomic E-state index is 12.8. The molecule has 8 nitrogen and oxygen atoms in total. The summed E-state index contributed by atoms with van der Waals surface area (Å²) < 4.78 is 12.8. The number of aromatic nitrogens is 2. The van der Waals surface area contributed by atoms with Gasteiger partial charge in [0, 0.05) is 29.8 Å². The highest BCUT2D eigenvalue weighted by atomic mass is 16.5. The van der Waals surface area contributed by atoms with Crippen molar-refractivity contribution in [2.24, 2.45) is 0 Å². The summed E-state index contributed by atoms with van der Waals surface area (Å²) in [5.41, 5.74) is -0.461. The van der Waals surface area contributed by atoms with Crippen molar-refractivity contribution in [1.82, 2.24) is 9.13 Å². The highest BCUT2D eigenvalue weighted by Gasteiger charge is 2.23. The average molecular weight is 365 g/mol. The van der Waals surface area contributed by atoms with E-state index in [1.54, 1.807) is 18.2 Å². The molecular formula is C19H15N3O5. The molecule has 1 aliphatic rings. The van der Waals surface area contributed by atoms with Crippen LogP contribution < -0.4 is 21.6 Å². The van der Waals surface area contributed by atoms with Gasteiger partial charge >= 0.3 is 11.3 Å². The monoisotopic (exact) mass is 365 g/mol. The minimum absolute atomic E-state index is 0.0129. The lowest BCUT2D eigenvalue weighted by atomic mass is 10.1. The molecule has 0 amide bonds. The van der Waals surface area contributed by atoms with Crippen LogP contribution in [0.1, 0.15) is 23.2 Å². The van der Waals surface area contributed by atoms with Crippen LogP contribution in [-0.4, -0.2) is 16.2 Å². The molecule has 0 N–H and O–H groups in total. The third-order valence-corrected chi connectivity index (χ3v) is 4.81. The summed E-state index contributed by atoms with van der Waals surface area (Å²) in [6.45, 7) is 0.346. The van der Waals surface area contributed by atoms with E-state index in [1.807, 2.05) is 6.07 Å². The molecule has 0 fully saturated rings. The summed E-state index contributed by atoms with van der Waals surface area (Å²) in [6, 6.07) is 8.15. The average Bonchev–Trinajstić information content (AvgIpc) is 3.14. The van der Waals surface area contributed by atoms with Gasteiger partial charge in [0.05, 0.1) is 13.7 Å². The third kappa shape index (κ3) is 2.64. The van der Waals surface area contributed by atoms with Crippen molar-refractivity contribution in [3.05, 3.63) is 72.3 Å². The van der Waals surface area contributed by atoms with E-state index in [0.717, 1.165) is 4.57 Å². The van der Waals surface area contributed by atoms with E-state index < -0.39 is 16.9 Å². The minimum Gasteiger partial charge on any atom is -0.497 e.